The molecule has 1 aliphatic rings. The lowest BCUT2D eigenvalue weighted by molar-refractivity contribution is -0.108. The molecule has 0 fully saturated rings. The summed E-state index contributed by atoms with van der Waals surface area (Å²) in [5, 5.41) is -0.551. The molecule has 0 radical (unpaired) electrons. The topological polar surface area (TPSA) is 51.2 Å². The first-order valence-electron chi connectivity index (χ1n) is 3.55. The number of hydrogen-bond donors (Lipinski definition) is 0. The normalized spacial score (nSPS) is 16.3. The molecule has 0 amide bonds. The Morgan fingerprint density at radius 1 is 1.46 bits per heavy atom. The maximum Gasteiger partial charge on any atom is 0.252 e. The van der Waals surface area contributed by atoms with Gasteiger partial charge in [-0.1, -0.05) is 5.57 Å². The van der Waals surface area contributed by atoms with Crippen LogP contribution >= 0.6 is 11.6 Å². The second kappa shape index (κ2) is 3.89. The first kappa shape index (κ1) is 10.2. The third-order valence-corrected chi connectivity index (χ3v) is 2.67. The summed E-state index contributed by atoms with van der Waals surface area (Å²) in [5.74, 6) is 0. The Labute approximate surface area is 82.2 Å². The van der Waals surface area contributed by atoms with Crippen LogP contribution in [-0.2, 0) is 15.1 Å². The van der Waals surface area contributed by atoms with Gasteiger partial charge in [0.25, 0.3) is 5.24 Å². The van der Waals surface area contributed by atoms with Gasteiger partial charge in [0, 0.05) is 12.0 Å². The number of rotatable bonds is 1. The van der Waals surface area contributed by atoms with E-state index in [1.165, 1.54) is 12.2 Å². The third kappa shape index (κ3) is 2.29. The molecule has 0 saturated carbocycles. The largest absolute Gasteiger partial charge is 0.276 e. The second-order valence-corrected chi connectivity index (χ2v) is 4.02. The number of carbonyl (C=O) groups is 1. The summed E-state index contributed by atoms with van der Waals surface area (Å²) >= 11 is 5.27. The van der Waals surface area contributed by atoms with Crippen molar-refractivity contribution >= 4 is 32.0 Å². The lowest BCUT2D eigenvalue weighted by Crippen LogP contribution is -2.06. The van der Waals surface area contributed by atoms with Crippen LogP contribution in [-0.4, -0.2) is 18.5 Å². The smallest absolute Gasteiger partial charge is 0.252 e. The van der Waals surface area contributed by atoms with Gasteiger partial charge in [-0.15, -0.1) is 0 Å². The van der Waals surface area contributed by atoms with Crippen LogP contribution in [0.4, 0.5) is 0 Å². The molecule has 3 nitrogen and oxygen atoms in total. The fraction of sp³-hybridized carbons (Fsp3) is 0.250. The molecular weight excluding hydrogens is 212 g/mol. The fourth-order valence-electron chi connectivity index (χ4n) is 1.08. The fourth-order valence-corrected chi connectivity index (χ4v) is 1.82. The van der Waals surface area contributed by atoms with Gasteiger partial charge in [-0.2, -0.15) is 8.42 Å². The predicted molar refractivity (Wildman–Crippen MR) is 51.2 cm³/mol. The molecule has 1 rings (SSSR count). The van der Waals surface area contributed by atoms with Gasteiger partial charge < -0.3 is 0 Å². The van der Waals surface area contributed by atoms with Gasteiger partial charge in [-0.25, -0.2) is 0 Å². The van der Waals surface area contributed by atoms with Crippen LogP contribution in [0.25, 0.3) is 0 Å². The monoisotopic (exact) mass is 218 g/mol. The highest BCUT2D eigenvalue weighted by Crippen LogP contribution is 2.18. The Morgan fingerprint density at radius 3 is 2.46 bits per heavy atom. The molecular formula is C8H7ClO3S. The van der Waals surface area contributed by atoms with Crippen molar-refractivity contribution in [3.63, 3.8) is 0 Å². The van der Waals surface area contributed by atoms with Crippen molar-refractivity contribution in [2.45, 2.75) is 13.3 Å². The SMILES string of the molecule is CC1=C(C(=O)Cl)C=CC(=S(=O)=O)C1. The maximum absolute atomic E-state index is 10.8. The van der Waals surface area contributed by atoms with E-state index in [0.717, 1.165) is 0 Å². The van der Waals surface area contributed by atoms with Gasteiger partial charge in [0.15, 0.2) is 0 Å². The molecule has 0 aromatic heterocycles. The summed E-state index contributed by atoms with van der Waals surface area (Å²) in [6.07, 6.45) is 3.09. The van der Waals surface area contributed by atoms with Crippen LogP contribution in [0.5, 0.6) is 0 Å². The van der Waals surface area contributed by atoms with E-state index in [-0.39, 0.29) is 11.3 Å². The number of carbonyl (C=O) groups excluding carboxylic acids is 1. The summed E-state index contributed by atoms with van der Waals surface area (Å²) in [5.41, 5.74) is 1.07. The van der Waals surface area contributed by atoms with Gasteiger partial charge in [-0.3, -0.25) is 4.79 Å². The minimum atomic E-state index is -2.21. The minimum Gasteiger partial charge on any atom is -0.276 e. The Bertz CT molecular complexity index is 432. The highest BCUT2D eigenvalue weighted by molar-refractivity contribution is 7.73. The molecule has 0 N–H and O–H groups in total. The Balaban J connectivity index is 3.15. The maximum atomic E-state index is 10.8. The Hall–Kier alpha value is -0.870. The lowest BCUT2D eigenvalue weighted by Gasteiger charge is -2.08. The van der Waals surface area contributed by atoms with Crippen LogP contribution in [0.15, 0.2) is 23.3 Å². The van der Waals surface area contributed by atoms with E-state index in [0.29, 0.717) is 11.1 Å². The molecule has 0 bridgehead atoms. The molecule has 0 heterocycles. The first-order valence-corrected chi connectivity index (χ1v) is 5.00. The quantitative estimate of drug-likeness (QED) is 0.489. The van der Waals surface area contributed by atoms with Crippen molar-refractivity contribution in [1.29, 1.82) is 0 Å². The number of allylic oxidation sites excluding steroid dienone is 4. The zero-order valence-electron chi connectivity index (χ0n) is 6.87. The van der Waals surface area contributed by atoms with Gasteiger partial charge in [0.2, 0.25) is 10.3 Å². The molecule has 0 aromatic carbocycles. The molecule has 5 heteroatoms. The predicted octanol–water partition coefficient (Wildman–Crippen LogP) is 1.08. The minimum absolute atomic E-state index is 0.264. The van der Waals surface area contributed by atoms with E-state index >= 15 is 0 Å². The molecule has 0 aromatic rings. The number of halogens is 1. The summed E-state index contributed by atoms with van der Waals surface area (Å²) in [4.78, 5) is 11.1. The van der Waals surface area contributed by atoms with Gasteiger partial charge in [0.05, 0.1) is 4.86 Å². The van der Waals surface area contributed by atoms with E-state index in [2.05, 4.69) is 0 Å². The van der Waals surface area contributed by atoms with E-state index in [1.807, 2.05) is 0 Å². The van der Waals surface area contributed by atoms with E-state index in [4.69, 9.17) is 11.6 Å². The van der Waals surface area contributed by atoms with Crippen molar-refractivity contribution in [2.24, 2.45) is 0 Å². The molecule has 13 heavy (non-hydrogen) atoms. The summed E-state index contributed by atoms with van der Waals surface area (Å²) < 4.78 is 21.1. The third-order valence-electron chi connectivity index (χ3n) is 1.76. The van der Waals surface area contributed by atoms with E-state index < -0.39 is 15.5 Å². The standard InChI is InChI=1S/C8H7ClO3S/c1-5-4-6(13(11)12)2-3-7(5)8(9)10/h2-3H,4H2,1H3. The Kier molecular flexibility index (Phi) is 3.06. The summed E-state index contributed by atoms with van der Waals surface area (Å²) in [6, 6.07) is 0. The van der Waals surface area contributed by atoms with Crippen molar-refractivity contribution in [2.75, 3.05) is 0 Å². The van der Waals surface area contributed by atoms with E-state index in [1.54, 1.807) is 6.92 Å². The van der Waals surface area contributed by atoms with Crippen molar-refractivity contribution in [1.82, 2.24) is 0 Å². The molecule has 0 aliphatic heterocycles. The van der Waals surface area contributed by atoms with Crippen molar-refractivity contribution < 1.29 is 13.2 Å². The van der Waals surface area contributed by atoms with Crippen LogP contribution in [0.2, 0.25) is 0 Å². The van der Waals surface area contributed by atoms with Crippen LogP contribution in [0, 0.1) is 0 Å². The van der Waals surface area contributed by atoms with Crippen molar-refractivity contribution in [3.8, 4) is 0 Å². The molecule has 70 valence electrons. The van der Waals surface area contributed by atoms with Crippen molar-refractivity contribution in [3.05, 3.63) is 23.3 Å². The Morgan fingerprint density at radius 2 is 2.08 bits per heavy atom. The molecule has 1 aliphatic carbocycles. The van der Waals surface area contributed by atoms with Gasteiger partial charge in [-0.05, 0) is 30.7 Å². The van der Waals surface area contributed by atoms with Crippen LogP contribution in [0.3, 0.4) is 0 Å². The summed E-state index contributed by atoms with van der Waals surface area (Å²) in [6.45, 7) is 1.69. The summed E-state index contributed by atoms with van der Waals surface area (Å²) in [7, 11) is -2.21. The average molecular weight is 219 g/mol. The van der Waals surface area contributed by atoms with Gasteiger partial charge in [0.1, 0.15) is 0 Å². The van der Waals surface area contributed by atoms with Crippen LogP contribution < -0.4 is 0 Å². The lowest BCUT2D eigenvalue weighted by atomic mass is 10.00. The highest BCUT2D eigenvalue weighted by atomic mass is 35.5. The molecule has 0 atom stereocenters. The zero-order valence-corrected chi connectivity index (χ0v) is 8.45. The first-order chi connectivity index (χ1) is 6.02. The van der Waals surface area contributed by atoms with Crippen LogP contribution in [0.1, 0.15) is 13.3 Å². The second-order valence-electron chi connectivity index (χ2n) is 2.68. The molecule has 0 saturated heterocycles. The van der Waals surface area contributed by atoms with E-state index in [9.17, 15) is 13.2 Å². The average Bonchev–Trinajstić information content (AvgIpc) is 2.03. The molecule has 0 spiro atoms. The zero-order chi connectivity index (χ0) is 10.0. The number of hydrogen-bond acceptors (Lipinski definition) is 3. The highest BCUT2D eigenvalue weighted by Gasteiger charge is 2.13. The van der Waals surface area contributed by atoms with Gasteiger partial charge >= 0.3 is 0 Å². The molecule has 0 unspecified atom stereocenters.